The Hall–Kier alpha value is -1.54. The van der Waals surface area contributed by atoms with Crippen molar-refractivity contribution in [2.45, 2.75) is 31.7 Å². The first-order chi connectivity index (χ1) is 9.46. The minimum absolute atomic E-state index is 0.0354. The maximum Gasteiger partial charge on any atom is 0.255 e. The first-order valence-corrected chi connectivity index (χ1v) is 6.75. The molecule has 0 radical (unpaired) electrons. The summed E-state index contributed by atoms with van der Waals surface area (Å²) in [5.41, 5.74) is -0.131. The van der Waals surface area contributed by atoms with Crippen LogP contribution in [-0.4, -0.2) is 23.9 Å². The lowest BCUT2D eigenvalue weighted by molar-refractivity contribution is 0.0225. The zero-order valence-electron chi connectivity index (χ0n) is 11.0. The van der Waals surface area contributed by atoms with E-state index >= 15 is 0 Å². The molecule has 0 bridgehead atoms. The van der Waals surface area contributed by atoms with Gasteiger partial charge in [-0.15, -0.1) is 0 Å². The number of halogens is 3. The van der Waals surface area contributed by atoms with Crippen LogP contribution in [0, 0.1) is 22.6 Å². The maximum absolute atomic E-state index is 13.8. The lowest BCUT2D eigenvalue weighted by atomic mass is 9.94. The Kier molecular flexibility index (Phi) is 3.02. The lowest BCUT2D eigenvalue weighted by Gasteiger charge is -2.33. The van der Waals surface area contributed by atoms with E-state index in [1.807, 2.05) is 11.0 Å². The Morgan fingerprint density at radius 3 is 2.70 bits per heavy atom. The number of likely N-dealkylation sites (tertiary alicyclic amines) is 1. The SMILES string of the molecule is N#Cc1ccc(CN2CCCC3(C2)CC3(F)F)c(F)c1. The summed E-state index contributed by atoms with van der Waals surface area (Å²) in [6.07, 6.45) is 1.26. The molecule has 106 valence electrons. The second-order valence-electron chi connectivity index (χ2n) is 5.89. The van der Waals surface area contributed by atoms with Crippen LogP contribution in [0.4, 0.5) is 13.2 Å². The third-order valence-electron chi connectivity index (χ3n) is 4.44. The van der Waals surface area contributed by atoms with Crippen LogP contribution < -0.4 is 0 Å². The van der Waals surface area contributed by atoms with Gasteiger partial charge in [-0.2, -0.15) is 5.26 Å². The van der Waals surface area contributed by atoms with E-state index in [0.29, 0.717) is 25.1 Å². The third-order valence-corrected chi connectivity index (χ3v) is 4.44. The van der Waals surface area contributed by atoms with Crippen molar-refractivity contribution in [1.82, 2.24) is 4.90 Å². The molecule has 1 saturated carbocycles. The van der Waals surface area contributed by atoms with Crippen molar-refractivity contribution in [2.24, 2.45) is 5.41 Å². The molecule has 3 rings (SSSR count). The summed E-state index contributed by atoms with van der Waals surface area (Å²) in [4.78, 5) is 1.90. The zero-order chi connectivity index (χ0) is 14.4. The van der Waals surface area contributed by atoms with Gasteiger partial charge >= 0.3 is 0 Å². The smallest absolute Gasteiger partial charge is 0.255 e. The van der Waals surface area contributed by atoms with Gasteiger partial charge in [0.2, 0.25) is 0 Å². The van der Waals surface area contributed by atoms with Crippen LogP contribution in [0.5, 0.6) is 0 Å². The first-order valence-electron chi connectivity index (χ1n) is 6.75. The summed E-state index contributed by atoms with van der Waals surface area (Å²) in [7, 11) is 0. The topological polar surface area (TPSA) is 27.0 Å². The van der Waals surface area contributed by atoms with Crippen LogP contribution in [0.3, 0.4) is 0 Å². The van der Waals surface area contributed by atoms with Gasteiger partial charge < -0.3 is 0 Å². The Balaban J connectivity index is 1.71. The van der Waals surface area contributed by atoms with Gasteiger partial charge in [0.15, 0.2) is 0 Å². The van der Waals surface area contributed by atoms with Crippen molar-refractivity contribution in [1.29, 1.82) is 5.26 Å². The number of hydrogen-bond acceptors (Lipinski definition) is 2. The average Bonchev–Trinajstić information content (AvgIpc) is 2.92. The van der Waals surface area contributed by atoms with Gasteiger partial charge in [-0.3, -0.25) is 4.90 Å². The molecule has 1 aromatic carbocycles. The fourth-order valence-electron chi connectivity index (χ4n) is 3.17. The van der Waals surface area contributed by atoms with Gasteiger partial charge in [-0.05, 0) is 31.5 Å². The molecule has 0 N–H and O–H groups in total. The molecule has 1 atom stereocenters. The molecule has 1 aromatic rings. The van der Waals surface area contributed by atoms with E-state index in [1.54, 1.807) is 12.1 Å². The van der Waals surface area contributed by atoms with E-state index in [9.17, 15) is 13.2 Å². The quantitative estimate of drug-likeness (QED) is 0.831. The fourth-order valence-corrected chi connectivity index (χ4v) is 3.17. The molecule has 0 amide bonds. The molecule has 1 saturated heterocycles. The number of piperidine rings is 1. The summed E-state index contributed by atoms with van der Waals surface area (Å²) >= 11 is 0. The minimum Gasteiger partial charge on any atom is -0.298 e. The number of alkyl halides is 2. The van der Waals surface area contributed by atoms with E-state index < -0.39 is 17.2 Å². The van der Waals surface area contributed by atoms with Gasteiger partial charge in [0.05, 0.1) is 17.0 Å². The van der Waals surface area contributed by atoms with Crippen LogP contribution in [0.15, 0.2) is 18.2 Å². The Labute approximate surface area is 115 Å². The van der Waals surface area contributed by atoms with E-state index in [-0.39, 0.29) is 12.0 Å². The summed E-state index contributed by atoms with van der Waals surface area (Å²) < 4.78 is 40.7. The molecule has 2 fully saturated rings. The molecular formula is C15H15F3N2. The maximum atomic E-state index is 13.8. The number of hydrogen-bond donors (Lipinski definition) is 0. The highest BCUT2D eigenvalue weighted by Crippen LogP contribution is 2.64. The highest BCUT2D eigenvalue weighted by atomic mass is 19.3. The second kappa shape index (κ2) is 4.49. The fraction of sp³-hybridized carbons (Fsp3) is 0.533. The molecule has 1 aliphatic carbocycles. The summed E-state index contributed by atoms with van der Waals surface area (Å²) in [6.45, 7) is 1.38. The van der Waals surface area contributed by atoms with Crippen LogP contribution in [-0.2, 0) is 6.54 Å². The third kappa shape index (κ3) is 2.18. The van der Waals surface area contributed by atoms with Crippen molar-refractivity contribution >= 4 is 0 Å². The molecule has 1 unspecified atom stereocenters. The van der Waals surface area contributed by atoms with Gasteiger partial charge in [-0.1, -0.05) is 6.07 Å². The number of rotatable bonds is 2. The molecule has 2 nitrogen and oxygen atoms in total. The van der Waals surface area contributed by atoms with Crippen LogP contribution in [0.2, 0.25) is 0 Å². The monoisotopic (exact) mass is 280 g/mol. The largest absolute Gasteiger partial charge is 0.298 e. The highest BCUT2D eigenvalue weighted by molar-refractivity contribution is 5.33. The van der Waals surface area contributed by atoms with Crippen molar-refractivity contribution in [3.8, 4) is 6.07 Å². The first kappa shape index (κ1) is 13.4. The average molecular weight is 280 g/mol. The molecule has 0 aromatic heterocycles. The molecule has 20 heavy (non-hydrogen) atoms. The van der Waals surface area contributed by atoms with Crippen molar-refractivity contribution in [3.63, 3.8) is 0 Å². The molecule has 5 heteroatoms. The number of nitrogens with zero attached hydrogens (tertiary/aromatic N) is 2. The highest BCUT2D eigenvalue weighted by Gasteiger charge is 2.71. The van der Waals surface area contributed by atoms with Crippen LogP contribution in [0.25, 0.3) is 0 Å². The number of nitriles is 1. The molecule has 1 aliphatic heterocycles. The Morgan fingerprint density at radius 1 is 1.35 bits per heavy atom. The zero-order valence-corrected chi connectivity index (χ0v) is 11.0. The molecular weight excluding hydrogens is 265 g/mol. The summed E-state index contributed by atoms with van der Waals surface area (Å²) in [6, 6.07) is 6.20. The van der Waals surface area contributed by atoms with Gasteiger partial charge in [-0.25, -0.2) is 13.2 Å². The summed E-state index contributed by atoms with van der Waals surface area (Å²) in [5, 5.41) is 8.70. The lowest BCUT2D eigenvalue weighted by Crippen LogP contribution is -2.38. The molecule has 2 aliphatic rings. The van der Waals surface area contributed by atoms with Crippen molar-refractivity contribution in [2.75, 3.05) is 13.1 Å². The normalized spacial score (nSPS) is 28.3. The Bertz CT molecular complexity index is 579. The summed E-state index contributed by atoms with van der Waals surface area (Å²) in [5.74, 6) is -2.99. The standard InChI is InChI=1S/C15H15F3N2/c16-13-6-11(7-19)2-3-12(13)8-20-5-1-4-14(10-20)9-15(14,17)18/h2-3,6H,1,4-5,8-10H2. The Morgan fingerprint density at radius 2 is 2.10 bits per heavy atom. The minimum atomic E-state index is -2.55. The van der Waals surface area contributed by atoms with E-state index in [1.165, 1.54) is 6.07 Å². The van der Waals surface area contributed by atoms with Crippen LogP contribution in [0.1, 0.15) is 30.4 Å². The van der Waals surface area contributed by atoms with Crippen molar-refractivity contribution < 1.29 is 13.2 Å². The van der Waals surface area contributed by atoms with Gasteiger partial charge in [0, 0.05) is 25.1 Å². The van der Waals surface area contributed by atoms with E-state index in [4.69, 9.17) is 5.26 Å². The number of benzene rings is 1. The predicted octanol–water partition coefficient (Wildman–Crippen LogP) is 3.32. The van der Waals surface area contributed by atoms with E-state index in [2.05, 4.69) is 0 Å². The van der Waals surface area contributed by atoms with Gasteiger partial charge in [0.1, 0.15) is 5.82 Å². The molecule has 1 spiro atoms. The predicted molar refractivity (Wildman–Crippen MR) is 67.6 cm³/mol. The molecule has 1 heterocycles. The van der Waals surface area contributed by atoms with Gasteiger partial charge in [0.25, 0.3) is 5.92 Å². The van der Waals surface area contributed by atoms with Crippen LogP contribution >= 0.6 is 0 Å². The second-order valence-corrected chi connectivity index (χ2v) is 5.89. The van der Waals surface area contributed by atoms with E-state index in [0.717, 1.165) is 13.0 Å². The van der Waals surface area contributed by atoms with Crippen molar-refractivity contribution in [3.05, 3.63) is 35.1 Å².